The minimum absolute atomic E-state index is 0.740. The van der Waals surface area contributed by atoms with Crippen molar-refractivity contribution in [2.24, 2.45) is 0 Å². The van der Waals surface area contributed by atoms with Crippen LogP contribution in [0.25, 0.3) is 0 Å². The predicted molar refractivity (Wildman–Crippen MR) is 83.6 cm³/mol. The molecule has 0 radical (unpaired) electrons. The fourth-order valence-corrected chi connectivity index (χ4v) is 3.68. The van der Waals surface area contributed by atoms with Crippen LogP contribution in [-0.4, -0.2) is 22.6 Å². The molecule has 3 rings (SSSR count). The Morgan fingerprint density at radius 2 is 1.80 bits per heavy atom. The Bertz CT molecular complexity index is 492. The average Bonchev–Trinajstić information content (AvgIpc) is 2.88. The van der Waals surface area contributed by atoms with E-state index in [-0.39, 0.29) is 0 Å². The van der Waals surface area contributed by atoms with Gasteiger partial charge in [-0.3, -0.25) is 4.98 Å². The summed E-state index contributed by atoms with van der Waals surface area (Å²) in [5.41, 5.74) is 4.85. The van der Waals surface area contributed by atoms with Gasteiger partial charge < -0.3 is 9.80 Å². The zero-order chi connectivity index (χ0) is 14.1. The number of nitrogens with zero attached hydrogens (tertiary/aromatic N) is 3. The molecule has 2 aliphatic rings. The van der Waals surface area contributed by atoms with Crippen molar-refractivity contribution in [2.45, 2.75) is 58.9 Å². The summed E-state index contributed by atoms with van der Waals surface area (Å²) in [7, 11) is 0. The molecule has 20 heavy (non-hydrogen) atoms. The molecule has 0 spiro atoms. The van der Waals surface area contributed by atoms with E-state index < -0.39 is 0 Å². The van der Waals surface area contributed by atoms with E-state index in [1.807, 2.05) is 0 Å². The predicted octanol–water partition coefficient (Wildman–Crippen LogP) is 3.89. The van der Waals surface area contributed by atoms with Crippen LogP contribution in [0.1, 0.15) is 49.1 Å². The molecule has 1 aromatic rings. The van der Waals surface area contributed by atoms with E-state index in [0.717, 1.165) is 24.1 Å². The molecule has 1 saturated carbocycles. The Balaban J connectivity index is 1.76. The Kier molecular flexibility index (Phi) is 3.68. The standard InChI is InChI=1S/C17H25N3/c1-13-11-14(2)18-15(3)17(13)20-10-9-19(12-20)16-7-5-4-6-8-16/h9-11,16H,4-8,12H2,1-3H3. The summed E-state index contributed by atoms with van der Waals surface area (Å²) in [5.74, 6) is 0. The summed E-state index contributed by atoms with van der Waals surface area (Å²) >= 11 is 0. The van der Waals surface area contributed by atoms with Gasteiger partial charge in [-0.1, -0.05) is 19.3 Å². The van der Waals surface area contributed by atoms with Crippen molar-refractivity contribution in [1.29, 1.82) is 0 Å². The van der Waals surface area contributed by atoms with E-state index in [2.05, 4.69) is 54.0 Å². The molecule has 1 aliphatic heterocycles. The lowest BCUT2D eigenvalue weighted by Gasteiger charge is -2.32. The Morgan fingerprint density at radius 3 is 2.50 bits per heavy atom. The molecule has 1 fully saturated rings. The summed E-state index contributed by atoms with van der Waals surface area (Å²) in [6.07, 6.45) is 11.4. The first-order valence-corrected chi connectivity index (χ1v) is 7.81. The fourth-order valence-electron chi connectivity index (χ4n) is 3.68. The highest BCUT2D eigenvalue weighted by molar-refractivity contribution is 5.59. The number of hydrogen-bond acceptors (Lipinski definition) is 3. The van der Waals surface area contributed by atoms with Crippen LogP contribution in [0.5, 0.6) is 0 Å². The number of hydrogen-bond donors (Lipinski definition) is 0. The Morgan fingerprint density at radius 1 is 1.05 bits per heavy atom. The van der Waals surface area contributed by atoms with Crippen LogP contribution in [0, 0.1) is 20.8 Å². The van der Waals surface area contributed by atoms with Gasteiger partial charge in [-0.15, -0.1) is 0 Å². The van der Waals surface area contributed by atoms with Gasteiger partial charge >= 0.3 is 0 Å². The average molecular weight is 271 g/mol. The molecule has 108 valence electrons. The van der Waals surface area contributed by atoms with E-state index in [1.165, 1.54) is 43.4 Å². The summed E-state index contributed by atoms with van der Waals surface area (Å²) in [5, 5.41) is 0. The van der Waals surface area contributed by atoms with Crippen LogP contribution in [0.15, 0.2) is 18.5 Å². The van der Waals surface area contributed by atoms with Crippen molar-refractivity contribution in [3.05, 3.63) is 35.4 Å². The van der Waals surface area contributed by atoms with Crippen LogP contribution >= 0.6 is 0 Å². The van der Waals surface area contributed by atoms with Crippen molar-refractivity contribution >= 4 is 5.69 Å². The summed E-state index contributed by atoms with van der Waals surface area (Å²) < 4.78 is 0. The molecule has 1 aromatic heterocycles. The van der Waals surface area contributed by atoms with Crippen molar-refractivity contribution < 1.29 is 0 Å². The van der Waals surface area contributed by atoms with Crippen molar-refractivity contribution in [3.8, 4) is 0 Å². The van der Waals surface area contributed by atoms with Crippen molar-refractivity contribution in [1.82, 2.24) is 9.88 Å². The Labute approximate surface area is 122 Å². The van der Waals surface area contributed by atoms with Gasteiger partial charge in [0.2, 0.25) is 0 Å². The first kappa shape index (κ1) is 13.5. The second kappa shape index (κ2) is 5.47. The second-order valence-electron chi connectivity index (χ2n) is 6.23. The molecular weight excluding hydrogens is 246 g/mol. The highest BCUT2D eigenvalue weighted by Crippen LogP contribution is 2.30. The van der Waals surface area contributed by atoms with Gasteiger partial charge in [0, 0.05) is 24.1 Å². The minimum Gasteiger partial charge on any atom is -0.355 e. The van der Waals surface area contributed by atoms with Gasteiger partial charge in [0.25, 0.3) is 0 Å². The molecule has 0 atom stereocenters. The number of pyridine rings is 1. The lowest BCUT2D eigenvalue weighted by molar-refractivity contribution is 0.232. The van der Waals surface area contributed by atoms with Gasteiger partial charge in [0.05, 0.1) is 18.1 Å². The van der Waals surface area contributed by atoms with Crippen LogP contribution in [-0.2, 0) is 0 Å². The van der Waals surface area contributed by atoms with Crippen molar-refractivity contribution in [3.63, 3.8) is 0 Å². The maximum atomic E-state index is 4.62. The van der Waals surface area contributed by atoms with Crippen molar-refractivity contribution in [2.75, 3.05) is 11.6 Å². The molecule has 0 amide bonds. The molecule has 3 heteroatoms. The highest BCUT2D eigenvalue weighted by atomic mass is 15.4. The number of anilines is 1. The maximum Gasteiger partial charge on any atom is 0.0945 e. The van der Waals surface area contributed by atoms with Gasteiger partial charge in [-0.05, 0) is 45.2 Å². The molecule has 0 unspecified atom stereocenters. The van der Waals surface area contributed by atoms with E-state index >= 15 is 0 Å². The van der Waals surface area contributed by atoms with Crippen LogP contribution in [0.3, 0.4) is 0 Å². The molecule has 0 aromatic carbocycles. The van der Waals surface area contributed by atoms with E-state index in [1.54, 1.807) is 0 Å². The smallest absolute Gasteiger partial charge is 0.0945 e. The molecule has 0 bridgehead atoms. The molecular formula is C17H25N3. The monoisotopic (exact) mass is 271 g/mol. The zero-order valence-corrected chi connectivity index (χ0v) is 12.9. The number of aryl methyl sites for hydroxylation is 3. The minimum atomic E-state index is 0.740. The van der Waals surface area contributed by atoms with Crippen LogP contribution in [0.2, 0.25) is 0 Å². The lowest BCUT2D eigenvalue weighted by Crippen LogP contribution is -2.35. The summed E-state index contributed by atoms with van der Waals surface area (Å²) in [4.78, 5) is 9.49. The second-order valence-corrected chi connectivity index (χ2v) is 6.23. The topological polar surface area (TPSA) is 19.4 Å². The molecule has 0 saturated heterocycles. The Hall–Kier alpha value is -1.51. The molecule has 1 aliphatic carbocycles. The third-order valence-electron chi connectivity index (χ3n) is 4.57. The van der Waals surface area contributed by atoms with Crippen LogP contribution < -0.4 is 4.90 Å². The SMILES string of the molecule is Cc1cc(C)c(N2C=CN(C3CCCCC3)C2)c(C)n1. The summed E-state index contributed by atoms with van der Waals surface area (Å²) in [6, 6.07) is 2.92. The third-order valence-corrected chi connectivity index (χ3v) is 4.57. The molecule has 2 heterocycles. The zero-order valence-electron chi connectivity index (χ0n) is 12.9. The lowest BCUT2D eigenvalue weighted by atomic mass is 9.95. The van der Waals surface area contributed by atoms with E-state index in [4.69, 9.17) is 0 Å². The molecule has 0 N–H and O–H groups in total. The largest absolute Gasteiger partial charge is 0.355 e. The van der Waals surface area contributed by atoms with E-state index in [0.29, 0.717) is 0 Å². The third kappa shape index (κ3) is 2.54. The number of rotatable bonds is 2. The van der Waals surface area contributed by atoms with Gasteiger partial charge in [0.1, 0.15) is 0 Å². The normalized spacial score (nSPS) is 19.9. The first-order valence-electron chi connectivity index (χ1n) is 7.81. The maximum absolute atomic E-state index is 4.62. The van der Waals surface area contributed by atoms with Gasteiger partial charge in [-0.25, -0.2) is 0 Å². The quantitative estimate of drug-likeness (QED) is 0.813. The van der Waals surface area contributed by atoms with E-state index in [9.17, 15) is 0 Å². The fraction of sp³-hybridized carbons (Fsp3) is 0.588. The summed E-state index contributed by atoms with van der Waals surface area (Å²) in [6.45, 7) is 7.36. The van der Waals surface area contributed by atoms with Gasteiger partial charge in [-0.2, -0.15) is 0 Å². The number of aromatic nitrogens is 1. The van der Waals surface area contributed by atoms with Crippen LogP contribution in [0.4, 0.5) is 5.69 Å². The first-order chi connectivity index (χ1) is 9.65. The van der Waals surface area contributed by atoms with Gasteiger partial charge in [0.15, 0.2) is 0 Å². The molecule has 3 nitrogen and oxygen atoms in total. The highest BCUT2D eigenvalue weighted by Gasteiger charge is 2.25.